The van der Waals surface area contributed by atoms with Crippen molar-refractivity contribution in [3.63, 3.8) is 0 Å². The number of hydrogen-bond acceptors (Lipinski definition) is 3. The van der Waals surface area contributed by atoms with Crippen molar-refractivity contribution < 1.29 is 23.0 Å². The van der Waals surface area contributed by atoms with Gasteiger partial charge >= 0.3 is 6.36 Å². The quantitative estimate of drug-likeness (QED) is 0.787. The molecule has 0 fully saturated rings. The maximum absolute atomic E-state index is 12.1. The molecule has 3 N–H and O–H groups in total. The number of benzene rings is 2. The van der Waals surface area contributed by atoms with Crippen molar-refractivity contribution in [3.05, 3.63) is 57.0 Å². The van der Waals surface area contributed by atoms with Crippen molar-refractivity contribution in [2.24, 2.45) is 5.73 Å². The Hall–Kier alpha value is -1.44. The van der Waals surface area contributed by atoms with Crippen LogP contribution in [-0.2, 0) is 0 Å². The Bertz CT molecular complexity index is 677. The highest BCUT2D eigenvalue weighted by Gasteiger charge is 2.31. The van der Waals surface area contributed by atoms with E-state index in [1.807, 2.05) is 0 Å². The van der Waals surface area contributed by atoms with Gasteiger partial charge in [-0.15, -0.1) is 13.2 Å². The van der Waals surface area contributed by atoms with E-state index in [4.69, 9.17) is 17.3 Å². The molecule has 2 aromatic rings. The highest BCUT2D eigenvalue weighted by molar-refractivity contribution is 9.10. The van der Waals surface area contributed by atoms with Gasteiger partial charge in [-0.05, 0) is 29.8 Å². The van der Waals surface area contributed by atoms with E-state index in [1.54, 1.807) is 6.07 Å². The molecule has 22 heavy (non-hydrogen) atoms. The van der Waals surface area contributed by atoms with Crippen LogP contribution in [0.15, 0.2) is 40.9 Å². The van der Waals surface area contributed by atoms with E-state index in [0.717, 1.165) is 12.1 Å². The lowest BCUT2D eigenvalue weighted by atomic mass is 9.99. The summed E-state index contributed by atoms with van der Waals surface area (Å²) in [6.07, 6.45) is -4.75. The number of phenols is 1. The van der Waals surface area contributed by atoms with Gasteiger partial charge in [-0.3, -0.25) is 0 Å². The van der Waals surface area contributed by atoms with Crippen LogP contribution in [0.4, 0.5) is 13.2 Å². The van der Waals surface area contributed by atoms with E-state index in [2.05, 4.69) is 20.7 Å². The van der Waals surface area contributed by atoms with E-state index < -0.39 is 12.4 Å². The maximum atomic E-state index is 12.1. The zero-order chi connectivity index (χ0) is 16.5. The fourth-order valence-corrected chi connectivity index (χ4v) is 2.71. The van der Waals surface area contributed by atoms with Crippen molar-refractivity contribution in [1.29, 1.82) is 0 Å². The van der Waals surface area contributed by atoms with Crippen LogP contribution in [0, 0.1) is 0 Å². The highest BCUT2D eigenvalue weighted by Crippen LogP contribution is 2.36. The lowest BCUT2D eigenvalue weighted by molar-refractivity contribution is -0.274. The molecule has 0 radical (unpaired) electrons. The number of ether oxygens (including phenoxy) is 1. The van der Waals surface area contributed by atoms with Crippen LogP contribution in [-0.4, -0.2) is 11.5 Å². The first-order chi connectivity index (χ1) is 10.2. The van der Waals surface area contributed by atoms with E-state index in [1.165, 1.54) is 18.2 Å². The van der Waals surface area contributed by atoms with Crippen LogP contribution >= 0.6 is 27.5 Å². The molecular formula is C14H10BrClF3NO2. The summed E-state index contributed by atoms with van der Waals surface area (Å²) >= 11 is 9.10. The van der Waals surface area contributed by atoms with Gasteiger partial charge in [0.05, 0.1) is 11.1 Å². The van der Waals surface area contributed by atoms with Crippen molar-refractivity contribution in [1.82, 2.24) is 0 Å². The fraction of sp³-hybridized carbons (Fsp3) is 0.143. The third-order valence-corrected chi connectivity index (χ3v) is 3.61. The maximum Gasteiger partial charge on any atom is 0.573 e. The molecule has 0 heterocycles. The van der Waals surface area contributed by atoms with Crippen LogP contribution in [0.3, 0.4) is 0 Å². The summed E-state index contributed by atoms with van der Waals surface area (Å²) in [4.78, 5) is 0. The Morgan fingerprint density at radius 1 is 1.18 bits per heavy atom. The number of alkyl halides is 3. The Morgan fingerprint density at radius 3 is 2.32 bits per heavy atom. The molecule has 0 aliphatic carbocycles. The molecular weight excluding hydrogens is 387 g/mol. The average molecular weight is 397 g/mol. The summed E-state index contributed by atoms with van der Waals surface area (Å²) in [7, 11) is 0. The predicted molar refractivity (Wildman–Crippen MR) is 80.0 cm³/mol. The molecule has 118 valence electrons. The van der Waals surface area contributed by atoms with Crippen molar-refractivity contribution in [2.75, 3.05) is 0 Å². The van der Waals surface area contributed by atoms with Crippen molar-refractivity contribution in [2.45, 2.75) is 12.4 Å². The summed E-state index contributed by atoms with van der Waals surface area (Å²) in [6.45, 7) is 0. The first kappa shape index (κ1) is 16.9. The molecule has 3 nitrogen and oxygen atoms in total. The number of aromatic hydroxyl groups is 1. The van der Waals surface area contributed by atoms with Gasteiger partial charge in [0.15, 0.2) is 0 Å². The lowest BCUT2D eigenvalue weighted by Gasteiger charge is -2.16. The predicted octanol–water partition coefficient (Wildman–Crippen LogP) is 4.75. The van der Waals surface area contributed by atoms with E-state index >= 15 is 0 Å². The molecule has 0 saturated carbocycles. The summed E-state index contributed by atoms with van der Waals surface area (Å²) < 4.78 is 40.7. The number of nitrogens with two attached hydrogens (primary N) is 1. The largest absolute Gasteiger partial charge is 0.573 e. The standard InChI is InChI=1S/C14H10BrClF3NO2/c15-8-5-10(13(21)11(16)6-8)12(20)7-1-3-9(4-2-7)22-14(17,18)19/h1-6,12,21H,20H2/t12-/m1/s1. The van der Waals surface area contributed by atoms with Crippen molar-refractivity contribution in [3.8, 4) is 11.5 Å². The molecule has 8 heteroatoms. The molecule has 0 saturated heterocycles. The molecule has 0 unspecified atom stereocenters. The molecule has 0 aliphatic rings. The van der Waals surface area contributed by atoms with Gasteiger partial charge in [0.25, 0.3) is 0 Å². The van der Waals surface area contributed by atoms with Crippen molar-refractivity contribution >= 4 is 27.5 Å². The number of hydrogen-bond donors (Lipinski definition) is 2. The molecule has 1 atom stereocenters. The summed E-state index contributed by atoms with van der Waals surface area (Å²) in [6, 6.07) is 7.42. The minimum absolute atomic E-state index is 0.122. The van der Waals surface area contributed by atoms with Gasteiger partial charge in [0.1, 0.15) is 11.5 Å². The Balaban J connectivity index is 2.29. The molecule has 0 aliphatic heterocycles. The van der Waals surface area contributed by atoms with Gasteiger partial charge in [-0.1, -0.05) is 39.7 Å². The normalized spacial score (nSPS) is 13.0. The van der Waals surface area contributed by atoms with Crippen LogP contribution < -0.4 is 10.5 Å². The zero-order valence-electron chi connectivity index (χ0n) is 10.9. The molecule has 2 rings (SSSR count). The third kappa shape index (κ3) is 4.06. The van der Waals surface area contributed by atoms with Crippen LogP contribution in [0.25, 0.3) is 0 Å². The molecule has 0 spiro atoms. The summed E-state index contributed by atoms with van der Waals surface area (Å²) in [5.74, 6) is -0.520. The molecule has 2 aromatic carbocycles. The van der Waals surface area contributed by atoms with Gasteiger partial charge in [0.2, 0.25) is 0 Å². The van der Waals surface area contributed by atoms with Crippen LogP contribution in [0.5, 0.6) is 11.5 Å². The molecule has 0 aromatic heterocycles. The average Bonchev–Trinajstić information content (AvgIpc) is 2.41. The minimum atomic E-state index is -4.75. The highest BCUT2D eigenvalue weighted by atomic mass is 79.9. The second kappa shape index (κ2) is 6.36. The summed E-state index contributed by atoms with van der Waals surface area (Å²) in [5.41, 5.74) is 6.88. The van der Waals surface area contributed by atoms with Gasteiger partial charge in [-0.2, -0.15) is 0 Å². The van der Waals surface area contributed by atoms with Gasteiger partial charge in [0, 0.05) is 10.0 Å². The smallest absolute Gasteiger partial charge is 0.506 e. The van der Waals surface area contributed by atoms with E-state index in [-0.39, 0.29) is 16.5 Å². The number of phenolic OH excluding ortho intramolecular Hbond substituents is 1. The molecule has 0 amide bonds. The lowest BCUT2D eigenvalue weighted by Crippen LogP contribution is -2.17. The fourth-order valence-electron chi connectivity index (χ4n) is 1.88. The second-order valence-corrected chi connectivity index (χ2v) is 5.74. The Morgan fingerprint density at radius 2 is 1.77 bits per heavy atom. The first-order valence-electron chi connectivity index (χ1n) is 5.96. The molecule has 0 bridgehead atoms. The Kier molecular flexibility index (Phi) is 4.89. The summed E-state index contributed by atoms with van der Waals surface area (Å²) in [5, 5.41) is 10.1. The monoisotopic (exact) mass is 395 g/mol. The van der Waals surface area contributed by atoms with E-state index in [0.29, 0.717) is 15.6 Å². The minimum Gasteiger partial charge on any atom is -0.506 e. The van der Waals surface area contributed by atoms with Gasteiger partial charge < -0.3 is 15.6 Å². The number of rotatable bonds is 3. The third-order valence-electron chi connectivity index (χ3n) is 2.87. The first-order valence-corrected chi connectivity index (χ1v) is 7.13. The Labute approximate surface area is 137 Å². The zero-order valence-corrected chi connectivity index (χ0v) is 13.2. The van der Waals surface area contributed by atoms with E-state index in [9.17, 15) is 18.3 Å². The van der Waals surface area contributed by atoms with Gasteiger partial charge in [-0.25, -0.2) is 0 Å². The topological polar surface area (TPSA) is 55.5 Å². The number of halogens is 5. The second-order valence-electron chi connectivity index (χ2n) is 4.42. The van der Waals surface area contributed by atoms with Crippen LogP contribution in [0.2, 0.25) is 5.02 Å². The van der Waals surface area contributed by atoms with Crippen LogP contribution in [0.1, 0.15) is 17.2 Å². The SMILES string of the molecule is N[C@H](c1ccc(OC(F)(F)F)cc1)c1cc(Br)cc(Cl)c1O.